The van der Waals surface area contributed by atoms with Crippen molar-refractivity contribution in [1.29, 1.82) is 0 Å². The first kappa shape index (κ1) is 39.7. The summed E-state index contributed by atoms with van der Waals surface area (Å²) >= 11 is 14.3. The predicted molar refractivity (Wildman–Crippen MR) is 205 cm³/mol. The van der Waals surface area contributed by atoms with E-state index in [0.717, 1.165) is 11.1 Å². The zero-order chi connectivity index (χ0) is 38.4. The molecule has 2 aliphatic heterocycles. The van der Waals surface area contributed by atoms with E-state index in [1.807, 2.05) is 38.1 Å². The molecule has 0 saturated carbocycles. The fraction of sp³-hybridized carbons (Fsp3) is 0.278. The number of phenolic OH excluding ortho intramolecular Hbond substituents is 1. The summed E-state index contributed by atoms with van der Waals surface area (Å²) in [6, 6.07) is 23.5. The van der Waals surface area contributed by atoms with Crippen LogP contribution >= 0.6 is 46.7 Å². The van der Waals surface area contributed by atoms with E-state index in [1.54, 1.807) is 46.2 Å². The normalized spacial score (nSPS) is 19.6. The Morgan fingerprint density at radius 1 is 0.717 bits per heavy atom. The number of phenols is 1. The zero-order valence-electron chi connectivity index (χ0n) is 28.6. The summed E-state index contributed by atoms with van der Waals surface area (Å²) in [4.78, 5) is 49.5. The van der Waals surface area contributed by atoms with Crippen molar-refractivity contribution < 1.29 is 34.0 Å². The highest BCUT2D eigenvalue weighted by Crippen LogP contribution is 2.45. The highest BCUT2D eigenvalue weighted by molar-refractivity contribution is 8.14. The summed E-state index contributed by atoms with van der Waals surface area (Å²) in [5, 5.41) is 32.9. The lowest BCUT2D eigenvalue weighted by atomic mass is 10.0. The fourth-order valence-electron chi connectivity index (χ4n) is 5.88. The van der Waals surface area contributed by atoms with E-state index in [1.165, 1.54) is 54.9 Å². The number of hydrogen-bond donors (Lipinski definition) is 1. The SMILES string of the molecule is CC1C(c2ccc(Cl)cc2)SC(=O)N1Cc1ccc(O)c([N+](=O)[O-])c1.COCOc1ccc(CN2C(=O)SC(c3ccc(Cl)cc3)C2C)cc1[N+](=O)[O-]. The molecule has 0 radical (unpaired) electrons. The van der Waals surface area contributed by atoms with Crippen LogP contribution in [-0.4, -0.2) is 61.2 Å². The molecule has 2 saturated heterocycles. The van der Waals surface area contributed by atoms with Gasteiger partial charge in [-0.15, -0.1) is 0 Å². The topological polar surface area (TPSA) is 166 Å². The van der Waals surface area contributed by atoms with Gasteiger partial charge in [0.2, 0.25) is 0 Å². The maximum atomic E-state index is 12.6. The number of rotatable bonds is 11. The molecule has 2 heterocycles. The first-order chi connectivity index (χ1) is 25.3. The number of carbonyl (C=O) groups excluding carboxylic acids is 2. The Balaban J connectivity index is 0.000000206. The minimum atomic E-state index is -0.640. The third-order valence-electron chi connectivity index (χ3n) is 8.68. The van der Waals surface area contributed by atoms with Crippen LogP contribution in [0.5, 0.6) is 11.5 Å². The fourth-order valence-corrected chi connectivity index (χ4v) is 8.57. The molecule has 0 bridgehead atoms. The second-order valence-corrected chi connectivity index (χ2v) is 15.2. The molecular formula is C36H34Cl2N4O9S2. The quantitative estimate of drug-likeness (QED) is 0.0872. The highest BCUT2D eigenvalue weighted by Gasteiger charge is 2.40. The Bertz CT molecular complexity index is 1990. The molecule has 4 aromatic rings. The third-order valence-corrected chi connectivity index (χ3v) is 11.9. The van der Waals surface area contributed by atoms with Crippen molar-refractivity contribution in [2.45, 2.75) is 49.5 Å². The smallest absolute Gasteiger partial charge is 0.311 e. The lowest BCUT2D eigenvalue weighted by Gasteiger charge is -2.24. The third kappa shape index (κ3) is 9.53. The van der Waals surface area contributed by atoms with Gasteiger partial charge in [0.25, 0.3) is 10.5 Å². The summed E-state index contributed by atoms with van der Waals surface area (Å²) in [6.45, 7) is 4.37. The van der Waals surface area contributed by atoms with Gasteiger partial charge in [-0.1, -0.05) is 83.1 Å². The molecule has 6 rings (SSSR count). The van der Waals surface area contributed by atoms with Crippen LogP contribution in [0.3, 0.4) is 0 Å². The van der Waals surface area contributed by atoms with E-state index in [9.17, 15) is 34.9 Å². The molecular weight excluding hydrogens is 767 g/mol. The van der Waals surface area contributed by atoms with E-state index in [4.69, 9.17) is 32.7 Å². The monoisotopic (exact) mass is 800 g/mol. The number of ether oxygens (including phenoxy) is 2. The summed E-state index contributed by atoms with van der Waals surface area (Å²) in [5.41, 5.74) is 2.77. The molecule has 1 N–H and O–H groups in total. The van der Waals surface area contributed by atoms with Crippen LogP contribution in [0, 0.1) is 20.2 Å². The second-order valence-electron chi connectivity index (χ2n) is 12.1. The molecule has 2 aliphatic rings. The molecule has 17 heteroatoms. The summed E-state index contributed by atoms with van der Waals surface area (Å²) in [5.74, 6) is -0.257. The van der Waals surface area contributed by atoms with E-state index in [2.05, 4.69) is 0 Å². The number of amides is 2. The van der Waals surface area contributed by atoms with E-state index < -0.39 is 9.85 Å². The van der Waals surface area contributed by atoms with Crippen LogP contribution in [0.4, 0.5) is 21.0 Å². The average Bonchev–Trinajstić information content (AvgIpc) is 3.57. The van der Waals surface area contributed by atoms with E-state index in [-0.39, 0.29) is 75.8 Å². The Morgan fingerprint density at radius 3 is 1.58 bits per heavy atom. The number of halogens is 2. The molecule has 4 unspecified atom stereocenters. The number of methoxy groups -OCH3 is 1. The molecule has 0 spiro atoms. The summed E-state index contributed by atoms with van der Waals surface area (Å²) in [7, 11) is 1.44. The van der Waals surface area contributed by atoms with Gasteiger partial charge in [-0.2, -0.15) is 0 Å². The molecule has 4 atom stereocenters. The molecule has 2 fully saturated rings. The molecule has 0 aromatic heterocycles. The van der Waals surface area contributed by atoms with Crippen LogP contribution in [0.15, 0.2) is 84.9 Å². The number of aromatic hydroxyl groups is 1. The number of nitrogens with zero attached hydrogens (tertiary/aromatic N) is 4. The number of thioether (sulfide) groups is 2. The second kappa shape index (κ2) is 17.5. The zero-order valence-corrected chi connectivity index (χ0v) is 31.7. The molecule has 4 aromatic carbocycles. The van der Waals surface area contributed by atoms with Crippen molar-refractivity contribution in [2.24, 2.45) is 0 Å². The van der Waals surface area contributed by atoms with Crippen molar-refractivity contribution in [3.05, 3.63) is 137 Å². The Kier molecular flexibility index (Phi) is 13.1. The van der Waals surface area contributed by atoms with Crippen molar-refractivity contribution in [3.63, 3.8) is 0 Å². The van der Waals surface area contributed by atoms with Crippen LogP contribution in [0.25, 0.3) is 0 Å². The molecule has 0 aliphatic carbocycles. The number of nitro groups is 2. The molecule has 278 valence electrons. The highest BCUT2D eigenvalue weighted by atomic mass is 35.5. The average molecular weight is 802 g/mol. The molecule has 2 amide bonds. The molecule has 53 heavy (non-hydrogen) atoms. The minimum absolute atomic E-state index is 0.0240. The Hall–Kier alpha value is -4.54. The first-order valence-corrected chi connectivity index (χ1v) is 18.6. The van der Waals surface area contributed by atoms with Crippen LogP contribution in [0.2, 0.25) is 10.0 Å². The van der Waals surface area contributed by atoms with Crippen LogP contribution in [0.1, 0.15) is 46.6 Å². The van der Waals surface area contributed by atoms with Crippen molar-refractivity contribution in [2.75, 3.05) is 13.9 Å². The van der Waals surface area contributed by atoms with Crippen molar-refractivity contribution >= 4 is 68.6 Å². The van der Waals surface area contributed by atoms with E-state index in [0.29, 0.717) is 21.2 Å². The largest absolute Gasteiger partial charge is 0.502 e. The first-order valence-electron chi connectivity index (χ1n) is 16.1. The van der Waals surface area contributed by atoms with Gasteiger partial charge in [0.15, 0.2) is 18.3 Å². The standard InChI is InChI=1S/C19H19ClN2O5S.C17H15ClN2O4S/c1-12-18(14-4-6-15(20)7-5-14)28-19(23)21(12)10-13-3-8-17(27-11-26-2)16(9-13)22(24)25;1-10-16(12-3-5-13(18)6-4-12)25-17(22)19(10)9-11-2-7-15(21)14(8-11)20(23)24/h3-9,12,18H,10-11H2,1-2H3;2-8,10,16,21H,9H2,1H3. The van der Waals surface area contributed by atoms with Crippen LogP contribution < -0.4 is 4.74 Å². The maximum absolute atomic E-state index is 12.6. The lowest BCUT2D eigenvalue weighted by Crippen LogP contribution is -2.31. The summed E-state index contributed by atoms with van der Waals surface area (Å²) in [6.07, 6.45) is 0. The van der Waals surface area contributed by atoms with Gasteiger partial charge in [0, 0.05) is 54.5 Å². The van der Waals surface area contributed by atoms with Gasteiger partial charge in [0.05, 0.1) is 20.3 Å². The number of carbonyl (C=O) groups is 2. The van der Waals surface area contributed by atoms with Crippen molar-refractivity contribution in [3.8, 4) is 11.5 Å². The van der Waals surface area contributed by atoms with Gasteiger partial charge in [-0.05, 0) is 72.5 Å². The van der Waals surface area contributed by atoms with Crippen molar-refractivity contribution in [1.82, 2.24) is 9.80 Å². The van der Waals surface area contributed by atoms with E-state index >= 15 is 0 Å². The lowest BCUT2D eigenvalue weighted by molar-refractivity contribution is -0.386. The summed E-state index contributed by atoms with van der Waals surface area (Å²) < 4.78 is 10.0. The molecule has 13 nitrogen and oxygen atoms in total. The Labute approximate surface area is 323 Å². The van der Waals surface area contributed by atoms with Gasteiger partial charge < -0.3 is 24.4 Å². The van der Waals surface area contributed by atoms with Gasteiger partial charge in [0.1, 0.15) is 0 Å². The predicted octanol–water partition coefficient (Wildman–Crippen LogP) is 9.78. The van der Waals surface area contributed by atoms with Gasteiger partial charge >= 0.3 is 11.4 Å². The maximum Gasteiger partial charge on any atom is 0.311 e. The number of hydrogen-bond acceptors (Lipinski definition) is 11. The number of benzene rings is 4. The number of nitro benzene ring substituents is 2. The van der Waals surface area contributed by atoms with Gasteiger partial charge in [-0.3, -0.25) is 29.8 Å². The minimum Gasteiger partial charge on any atom is -0.502 e. The van der Waals surface area contributed by atoms with Gasteiger partial charge in [-0.25, -0.2) is 0 Å². The Morgan fingerprint density at radius 2 is 1.15 bits per heavy atom. The van der Waals surface area contributed by atoms with Crippen LogP contribution in [-0.2, 0) is 17.8 Å².